The molecule has 2 aromatic rings. The van der Waals surface area contributed by atoms with Crippen LogP contribution < -0.4 is 5.73 Å². The van der Waals surface area contributed by atoms with Crippen molar-refractivity contribution in [1.82, 2.24) is 0 Å². The molecule has 2 aromatic carbocycles. The summed E-state index contributed by atoms with van der Waals surface area (Å²) >= 11 is 5.83. The fraction of sp³-hybridized carbons (Fsp3) is 0.143. The molecule has 2 heteroatoms. The minimum absolute atomic E-state index is 0.0439. The monoisotopic (exact) mass is 231 g/mol. The van der Waals surface area contributed by atoms with Crippen LogP contribution in [0.3, 0.4) is 0 Å². The van der Waals surface area contributed by atoms with Gasteiger partial charge in [-0.3, -0.25) is 0 Å². The van der Waals surface area contributed by atoms with E-state index in [1.165, 1.54) is 5.56 Å². The summed E-state index contributed by atoms with van der Waals surface area (Å²) in [5.41, 5.74) is 8.51. The first kappa shape index (κ1) is 11.2. The highest BCUT2D eigenvalue weighted by Crippen LogP contribution is 2.17. The first-order valence-corrected chi connectivity index (χ1v) is 5.68. The van der Waals surface area contributed by atoms with E-state index >= 15 is 0 Å². The Morgan fingerprint density at radius 1 is 0.938 bits per heavy atom. The smallest absolute Gasteiger partial charge is 0.0406 e. The summed E-state index contributed by atoms with van der Waals surface area (Å²) in [7, 11) is 0. The molecule has 1 unspecified atom stereocenters. The highest BCUT2D eigenvalue weighted by atomic mass is 35.5. The summed E-state index contributed by atoms with van der Waals surface area (Å²) in [5, 5.41) is 0.761. The zero-order valence-corrected chi connectivity index (χ0v) is 9.69. The molecule has 16 heavy (non-hydrogen) atoms. The molecule has 0 radical (unpaired) electrons. The lowest BCUT2D eigenvalue weighted by atomic mass is 10.00. The molecule has 0 saturated carbocycles. The maximum atomic E-state index is 6.13. The van der Waals surface area contributed by atoms with E-state index in [2.05, 4.69) is 12.1 Å². The number of hydrogen-bond donors (Lipinski definition) is 1. The molecule has 2 N–H and O–H groups in total. The van der Waals surface area contributed by atoms with Crippen LogP contribution in [0, 0.1) is 0 Å². The molecular formula is C14H14ClN. The molecule has 1 nitrogen and oxygen atoms in total. The van der Waals surface area contributed by atoms with E-state index in [1.807, 2.05) is 42.5 Å². The molecular weight excluding hydrogens is 218 g/mol. The fourth-order valence-corrected chi connectivity index (χ4v) is 1.82. The Morgan fingerprint density at radius 3 is 2.19 bits per heavy atom. The largest absolute Gasteiger partial charge is 0.324 e. The summed E-state index contributed by atoms with van der Waals surface area (Å²) in [6.45, 7) is 0. The SMILES string of the molecule is NC(Cc1ccc(Cl)cc1)c1ccccc1. The summed E-state index contributed by atoms with van der Waals surface area (Å²) in [6, 6.07) is 18.0. The van der Waals surface area contributed by atoms with Crippen molar-refractivity contribution in [1.29, 1.82) is 0 Å². The number of rotatable bonds is 3. The van der Waals surface area contributed by atoms with Crippen LogP contribution in [0.2, 0.25) is 5.02 Å². The van der Waals surface area contributed by atoms with Crippen molar-refractivity contribution in [3.63, 3.8) is 0 Å². The first-order chi connectivity index (χ1) is 7.75. The lowest BCUT2D eigenvalue weighted by molar-refractivity contribution is 0.722. The Hall–Kier alpha value is -1.31. The van der Waals surface area contributed by atoms with Gasteiger partial charge in [0.25, 0.3) is 0 Å². The molecule has 1 atom stereocenters. The normalized spacial score (nSPS) is 12.4. The van der Waals surface area contributed by atoms with Crippen molar-refractivity contribution in [3.8, 4) is 0 Å². The molecule has 0 spiro atoms. The van der Waals surface area contributed by atoms with Crippen molar-refractivity contribution in [2.45, 2.75) is 12.5 Å². The predicted molar refractivity (Wildman–Crippen MR) is 68.5 cm³/mol. The van der Waals surface area contributed by atoms with Gasteiger partial charge in [-0.2, -0.15) is 0 Å². The summed E-state index contributed by atoms with van der Waals surface area (Å²) in [6.07, 6.45) is 0.835. The van der Waals surface area contributed by atoms with Gasteiger partial charge in [0.2, 0.25) is 0 Å². The van der Waals surface area contributed by atoms with Crippen molar-refractivity contribution in [2.24, 2.45) is 5.73 Å². The van der Waals surface area contributed by atoms with Gasteiger partial charge < -0.3 is 5.73 Å². The lowest BCUT2D eigenvalue weighted by Crippen LogP contribution is -2.12. The predicted octanol–water partition coefficient (Wildman–Crippen LogP) is 3.58. The number of benzene rings is 2. The van der Waals surface area contributed by atoms with Crippen molar-refractivity contribution < 1.29 is 0 Å². The van der Waals surface area contributed by atoms with E-state index < -0.39 is 0 Å². The molecule has 0 aliphatic rings. The van der Waals surface area contributed by atoms with E-state index in [0.29, 0.717) is 0 Å². The Morgan fingerprint density at radius 2 is 1.56 bits per heavy atom. The molecule has 0 aliphatic carbocycles. The van der Waals surface area contributed by atoms with Crippen LogP contribution in [-0.2, 0) is 6.42 Å². The average Bonchev–Trinajstić information content (AvgIpc) is 2.33. The molecule has 0 fully saturated rings. The second-order valence-corrected chi connectivity index (χ2v) is 4.28. The Balaban J connectivity index is 2.08. The lowest BCUT2D eigenvalue weighted by Gasteiger charge is -2.11. The van der Waals surface area contributed by atoms with Crippen LogP contribution in [0.15, 0.2) is 54.6 Å². The molecule has 0 aliphatic heterocycles. The number of halogens is 1. The van der Waals surface area contributed by atoms with Gasteiger partial charge in [-0.1, -0.05) is 54.1 Å². The number of hydrogen-bond acceptors (Lipinski definition) is 1. The van der Waals surface area contributed by atoms with Gasteiger partial charge in [0.15, 0.2) is 0 Å². The molecule has 0 bridgehead atoms. The zero-order valence-electron chi connectivity index (χ0n) is 8.94. The molecule has 0 aromatic heterocycles. The molecule has 0 amide bonds. The van der Waals surface area contributed by atoms with Gasteiger partial charge in [-0.05, 0) is 29.7 Å². The van der Waals surface area contributed by atoms with E-state index in [0.717, 1.165) is 17.0 Å². The highest BCUT2D eigenvalue weighted by Gasteiger charge is 2.05. The fourth-order valence-electron chi connectivity index (χ4n) is 1.69. The molecule has 2 rings (SSSR count). The van der Waals surface area contributed by atoms with Crippen LogP contribution in [0.4, 0.5) is 0 Å². The summed E-state index contributed by atoms with van der Waals surface area (Å²) in [5.74, 6) is 0. The van der Waals surface area contributed by atoms with Gasteiger partial charge in [0, 0.05) is 11.1 Å². The summed E-state index contributed by atoms with van der Waals surface area (Å²) < 4.78 is 0. The standard InChI is InChI=1S/C14H14ClN/c15-13-8-6-11(7-9-13)10-14(16)12-4-2-1-3-5-12/h1-9,14H,10,16H2. The molecule has 82 valence electrons. The second-order valence-electron chi connectivity index (χ2n) is 3.85. The Kier molecular flexibility index (Phi) is 3.60. The van der Waals surface area contributed by atoms with Crippen LogP contribution in [0.25, 0.3) is 0 Å². The zero-order chi connectivity index (χ0) is 11.4. The third-order valence-electron chi connectivity index (χ3n) is 2.60. The van der Waals surface area contributed by atoms with Gasteiger partial charge in [0.05, 0.1) is 0 Å². The number of nitrogens with two attached hydrogens (primary N) is 1. The third kappa shape index (κ3) is 2.84. The minimum atomic E-state index is 0.0439. The third-order valence-corrected chi connectivity index (χ3v) is 2.85. The molecule has 0 saturated heterocycles. The van der Waals surface area contributed by atoms with E-state index in [1.54, 1.807) is 0 Å². The Labute approximate surface area is 101 Å². The van der Waals surface area contributed by atoms with E-state index in [9.17, 15) is 0 Å². The van der Waals surface area contributed by atoms with Crippen LogP contribution in [0.5, 0.6) is 0 Å². The van der Waals surface area contributed by atoms with Gasteiger partial charge in [-0.25, -0.2) is 0 Å². The van der Waals surface area contributed by atoms with Crippen molar-refractivity contribution in [2.75, 3.05) is 0 Å². The van der Waals surface area contributed by atoms with Crippen LogP contribution >= 0.6 is 11.6 Å². The van der Waals surface area contributed by atoms with Crippen molar-refractivity contribution in [3.05, 3.63) is 70.7 Å². The second kappa shape index (κ2) is 5.15. The maximum absolute atomic E-state index is 6.13. The van der Waals surface area contributed by atoms with Crippen molar-refractivity contribution >= 4 is 11.6 Å². The minimum Gasteiger partial charge on any atom is -0.324 e. The van der Waals surface area contributed by atoms with Gasteiger partial charge in [-0.15, -0.1) is 0 Å². The van der Waals surface area contributed by atoms with Gasteiger partial charge >= 0.3 is 0 Å². The quantitative estimate of drug-likeness (QED) is 0.859. The highest BCUT2D eigenvalue weighted by molar-refractivity contribution is 6.30. The topological polar surface area (TPSA) is 26.0 Å². The van der Waals surface area contributed by atoms with E-state index in [-0.39, 0.29) is 6.04 Å². The molecule has 0 heterocycles. The maximum Gasteiger partial charge on any atom is 0.0406 e. The van der Waals surface area contributed by atoms with E-state index in [4.69, 9.17) is 17.3 Å². The van der Waals surface area contributed by atoms with Crippen LogP contribution in [0.1, 0.15) is 17.2 Å². The Bertz CT molecular complexity index is 436. The van der Waals surface area contributed by atoms with Crippen LogP contribution in [-0.4, -0.2) is 0 Å². The average molecular weight is 232 g/mol. The van der Waals surface area contributed by atoms with Gasteiger partial charge in [0.1, 0.15) is 0 Å². The summed E-state index contributed by atoms with van der Waals surface area (Å²) in [4.78, 5) is 0. The first-order valence-electron chi connectivity index (χ1n) is 5.30.